The molecule has 1 atom stereocenters. The minimum Gasteiger partial charge on any atom is -0.480 e. The lowest BCUT2D eigenvalue weighted by Gasteiger charge is -1.96. The second kappa shape index (κ2) is 9.07. The molecule has 0 aromatic heterocycles. The number of halogens is 1. The number of carboxylic acid groups (broad SMARTS) is 1. The van der Waals surface area contributed by atoms with Gasteiger partial charge in [0.25, 0.3) is 0 Å². The normalized spacial score (nSPS) is 10.9. The zero-order valence-electron chi connectivity index (χ0n) is 6.24. The summed E-state index contributed by atoms with van der Waals surface area (Å²) in [5.41, 5.74) is 9.59. The molecule has 0 rings (SSSR count). The van der Waals surface area contributed by atoms with E-state index >= 15 is 0 Å². The van der Waals surface area contributed by atoms with E-state index in [1.165, 1.54) is 0 Å². The van der Waals surface area contributed by atoms with Gasteiger partial charge in [0.1, 0.15) is 6.04 Å². The summed E-state index contributed by atoms with van der Waals surface area (Å²) in [7, 11) is 0. The fourth-order valence-corrected chi connectivity index (χ4v) is 0.234. The van der Waals surface area contributed by atoms with Gasteiger partial charge >= 0.3 is 5.97 Å². The SMILES string of the molecule is NC(=O)CI.NC(CS)C(=O)O. The van der Waals surface area contributed by atoms with E-state index in [-0.39, 0.29) is 11.7 Å². The van der Waals surface area contributed by atoms with Crippen molar-refractivity contribution in [2.24, 2.45) is 11.5 Å². The van der Waals surface area contributed by atoms with Crippen molar-refractivity contribution in [3.8, 4) is 0 Å². The molecule has 0 aromatic carbocycles. The van der Waals surface area contributed by atoms with Gasteiger partial charge in [-0.3, -0.25) is 9.59 Å². The van der Waals surface area contributed by atoms with E-state index in [4.69, 9.17) is 10.8 Å². The summed E-state index contributed by atoms with van der Waals surface area (Å²) in [6, 6.07) is -0.816. The summed E-state index contributed by atoms with van der Waals surface area (Å²) < 4.78 is 0.414. The van der Waals surface area contributed by atoms with Crippen molar-refractivity contribution in [3.05, 3.63) is 0 Å². The number of hydrogen-bond acceptors (Lipinski definition) is 4. The van der Waals surface area contributed by atoms with Gasteiger partial charge in [0, 0.05) is 5.75 Å². The minimum absolute atomic E-state index is 0.190. The monoisotopic (exact) mass is 306 g/mol. The molecule has 0 heterocycles. The number of rotatable bonds is 3. The highest BCUT2D eigenvalue weighted by Crippen LogP contribution is 1.80. The Morgan fingerprint density at radius 1 is 1.58 bits per heavy atom. The Hall–Kier alpha value is -0.0200. The molecule has 0 saturated carbocycles. The fourth-order valence-electron chi connectivity index (χ4n) is 0.0781. The van der Waals surface area contributed by atoms with E-state index in [2.05, 4.69) is 18.4 Å². The van der Waals surface area contributed by atoms with E-state index in [0.29, 0.717) is 4.43 Å². The minimum atomic E-state index is -1.00. The van der Waals surface area contributed by atoms with Crippen molar-refractivity contribution in [1.29, 1.82) is 0 Å². The van der Waals surface area contributed by atoms with Crippen LogP contribution in [0.3, 0.4) is 0 Å². The standard InChI is InChI=1S/C3H7NO2S.C2H4INO/c4-2(1-7)3(5)6;3-1-2(4)5/h2,7H,1,4H2,(H,5,6);1H2,(H2,4,5). The summed E-state index contributed by atoms with van der Waals surface area (Å²) in [4.78, 5) is 19.3. The predicted molar refractivity (Wildman–Crippen MR) is 57.5 cm³/mol. The van der Waals surface area contributed by atoms with Crippen molar-refractivity contribution in [3.63, 3.8) is 0 Å². The average Bonchev–Trinajstić information content (AvgIpc) is 2.04. The van der Waals surface area contributed by atoms with Crippen LogP contribution in [0.5, 0.6) is 0 Å². The third-order valence-electron chi connectivity index (χ3n) is 0.646. The smallest absolute Gasteiger partial charge is 0.321 e. The summed E-state index contributed by atoms with van der Waals surface area (Å²) >= 11 is 5.55. The van der Waals surface area contributed by atoms with Crippen molar-refractivity contribution < 1.29 is 14.7 Å². The van der Waals surface area contributed by atoms with E-state index in [0.717, 1.165) is 0 Å². The first-order valence-electron chi connectivity index (χ1n) is 2.89. The third-order valence-corrected chi connectivity index (χ3v) is 1.79. The number of aliphatic carboxylic acids is 1. The number of carboxylic acids is 1. The van der Waals surface area contributed by atoms with Gasteiger partial charge in [-0.25, -0.2) is 0 Å². The Bertz CT molecular complexity index is 156. The van der Waals surface area contributed by atoms with Gasteiger partial charge in [0.05, 0.1) is 4.43 Å². The van der Waals surface area contributed by atoms with Crippen LogP contribution < -0.4 is 11.5 Å². The van der Waals surface area contributed by atoms with Crippen molar-refractivity contribution in [2.45, 2.75) is 6.04 Å². The van der Waals surface area contributed by atoms with E-state index in [1.807, 2.05) is 22.6 Å². The van der Waals surface area contributed by atoms with Gasteiger partial charge in [-0.2, -0.15) is 12.6 Å². The van der Waals surface area contributed by atoms with E-state index in [9.17, 15) is 9.59 Å². The lowest BCUT2D eigenvalue weighted by atomic mass is 10.4. The molecule has 5 nitrogen and oxygen atoms in total. The number of hydrogen-bond donors (Lipinski definition) is 4. The lowest BCUT2D eigenvalue weighted by Crippen LogP contribution is -2.31. The molecule has 0 saturated heterocycles. The molecule has 12 heavy (non-hydrogen) atoms. The van der Waals surface area contributed by atoms with Crippen LogP contribution >= 0.6 is 35.2 Å². The van der Waals surface area contributed by atoms with Gasteiger partial charge in [-0.1, -0.05) is 22.6 Å². The second-order valence-electron chi connectivity index (χ2n) is 1.73. The summed E-state index contributed by atoms with van der Waals surface area (Å²) in [5, 5.41) is 8.01. The number of carbonyl (C=O) groups excluding carboxylic acids is 1. The molecule has 0 radical (unpaired) electrons. The maximum atomic E-state index is 9.76. The molecule has 0 bridgehead atoms. The quantitative estimate of drug-likeness (QED) is 0.312. The van der Waals surface area contributed by atoms with Gasteiger partial charge in [-0.05, 0) is 0 Å². The lowest BCUT2D eigenvalue weighted by molar-refractivity contribution is -0.137. The van der Waals surface area contributed by atoms with Crippen LogP contribution in [0.25, 0.3) is 0 Å². The molecule has 0 fully saturated rings. The van der Waals surface area contributed by atoms with Crippen LogP contribution in [0.4, 0.5) is 0 Å². The number of primary amides is 1. The molecular formula is C5H11IN2O3S. The highest BCUT2D eigenvalue weighted by atomic mass is 127. The summed E-state index contributed by atoms with van der Waals surface area (Å²) in [6.07, 6.45) is 0. The zero-order chi connectivity index (χ0) is 10.1. The number of carbonyl (C=O) groups is 2. The number of thiol groups is 1. The Morgan fingerprint density at radius 2 is 1.92 bits per heavy atom. The van der Waals surface area contributed by atoms with Crippen LogP contribution in [0.2, 0.25) is 0 Å². The van der Waals surface area contributed by atoms with E-state index < -0.39 is 12.0 Å². The highest BCUT2D eigenvalue weighted by molar-refractivity contribution is 14.1. The van der Waals surface area contributed by atoms with E-state index in [1.54, 1.807) is 0 Å². The van der Waals surface area contributed by atoms with Gasteiger partial charge < -0.3 is 16.6 Å². The van der Waals surface area contributed by atoms with Crippen molar-refractivity contribution >= 4 is 47.1 Å². The molecule has 0 spiro atoms. The second-order valence-corrected chi connectivity index (χ2v) is 2.86. The maximum absolute atomic E-state index is 9.76. The molecule has 7 heteroatoms. The number of nitrogens with two attached hydrogens (primary N) is 2. The third kappa shape index (κ3) is 12.6. The van der Waals surface area contributed by atoms with Crippen LogP contribution in [0, 0.1) is 0 Å². The van der Waals surface area contributed by atoms with Gasteiger partial charge in [0.15, 0.2) is 0 Å². The Kier molecular flexibility index (Phi) is 11.0. The molecule has 0 aromatic rings. The largest absolute Gasteiger partial charge is 0.480 e. The molecule has 0 aliphatic heterocycles. The van der Waals surface area contributed by atoms with Gasteiger partial charge in [0.2, 0.25) is 5.91 Å². The first-order valence-corrected chi connectivity index (χ1v) is 5.05. The Labute approximate surface area is 89.4 Å². The predicted octanol–water partition coefficient (Wildman–Crippen LogP) is -0.765. The summed E-state index contributed by atoms with van der Waals surface area (Å²) in [6.45, 7) is 0. The Morgan fingerprint density at radius 3 is 1.92 bits per heavy atom. The maximum Gasteiger partial charge on any atom is 0.321 e. The topological polar surface area (TPSA) is 106 Å². The van der Waals surface area contributed by atoms with Crippen LogP contribution in [0.15, 0.2) is 0 Å². The molecule has 5 N–H and O–H groups in total. The molecule has 1 amide bonds. The highest BCUT2D eigenvalue weighted by Gasteiger charge is 2.06. The average molecular weight is 306 g/mol. The molecule has 0 aliphatic carbocycles. The zero-order valence-corrected chi connectivity index (χ0v) is 9.29. The van der Waals surface area contributed by atoms with Crippen LogP contribution in [-0.2, 0) is 9.59 Å². The molecule has 0 aliphatic rings. The fraction of sp³-hybridized carbons (Fsp3) is 0.600. The first kappa shape index (κ1) is 14.5. The first-order chi connectivity index (χ1) is 5.45. The summed E-state index contributed by atoms with van der Waals surface area (Å²) in [5.74, 6) is -1.07. The molecular weight excluding hydrogens is 295 g/mol. The molecule has 1 unspecified atom stereocenters. The van der Waals surface area contributed by atoms with Gasteiger partial charge in [-0.15, -0.1) is 0 Å². The Balaban J connectivity index is 0. The van der Waals surface area contributed by atoms with Crippen LogP contribution in [-0.4, -0.2) is 33.2 Å². The number of alkyl halides is 1. The number of amides is 1. The van der Waals surface area contributed by atoms with Crippen LogP contribution in [0.1, 0.15) is 0 Å². The van der Waals surface area contributed by atoms with Crippen molar-refractivity contribution in [1.82, 2.24) is 0 Å². The molecule has 72 valence electrons. The van der Waals surface area contributed by atoms with Crippen molar-refractivity contribution in [2.75, 3.05) is 10.2 Å².